The van der Waals surface area contributed by atoms with Gasteiger partial charge in [0, 0.05) is 22.5 Å². The molecule has 2 rings (SSSR count). The second kappa shape index (κ2) is 5.84. The molecule has 0 unspecified atom stereocenters. The molecule has 1 aliphatic rings. The Bertz CT molecular complexity index is 493. The molecule has 0 aliphatic heterocycles. The zero-order chi connectivity index (χ0) is 14.0. The first-order chi connectivity index (χ1) is 8.99. The number of allylic oxidation sites excluding steroid dienone is 1. The Kier molecular flexibility index (Phi) is 4.37. The molecular weight excluding hydrogens is 279 g/mol. The largest absolute Gasteiger partial charge is 0.434 e. The molecular formula is C13H13ClF3NO. The van der Waals surface area contributed by atoms with Gasteiger partial charge in [0.2, 0.25) is 0 Å². The average Bonchev–Trinajstić information content (AvgIpc) is 2.32. The average molecular weight is 292 g/mol. The standard InChI is InChI=1S/C13H13ClF3NO/c14-9-2-1-3-11(19-13(16)17)12(9)8-6-7(18)4-5-10(8)15/h1-3,5,7-8,13H,4,6,18H2/t7-,8+/m1/s1. The first-order valence-corrected chi connectivity index (χ1v) is 6.21. The number of hydrogen-bond acceptors (Lipinski definition) is 2. The van der Waals surface area contributed by atoms with Crippen molar-refractivity contribution >= 4 is 11.6 Å². The van der Waals surface area contributed by atoms with Crippen LogP contribution in [-0.4, -0.2) is 12.7 Å². The molecule has 1 aromatic rings. The SMILES string of the molecule is N[C@@H]1CC=C(F)[C@@H](c2c(Cl)cccc2OC(F)F)C1. The van der Waals surface area contributed by atoms with Crippen LogP contribution in [0.15, 0.2) is 30.1 Å². The molecule has 0 amide bonds. The summed E-state index contributed by atoms with van der Waals surface area (Å²) in [5.41, 5.74) is 6.01. The molecule has 0 spiro atoms. The van der Waals surface area contributed by atoms with Crippen LogP contribution in [-0.2, 0) is 0 Å². The lowest BCUT2D eigenvalue weighted by Gasteiger charge is -2.26. The van der Waals surface area contributed by atoms with Gasteiger partial charge in [-0.1, -0.05) is 23.7 Å². The number of alkyl halides is 2. The summed E-state index contributed by atoms with van der Waals surface area (Å²) in [6.07, 6.45) is 2.11. The summed E-state index contributed by atoms with van der Waals surface area (Å²) in [6, 6.07) is 4.12. The van der Waals surface area contributed by atoms with E-state index in [2.05, 4.69) is 4.74 Å². The zero-order valence-corrected chi connectivity index (χ0v) is 10.7. The highest BCUT2D eigenvalue weighted by Gasteiger charge is 2.29. The van der Waals surface area contributed by atoms with Crippen LogP contribution in [0.4, 0.5) is 13.2 Å². The Morgan fingerprint density at radius 3 is 2.79 bits per heavy atom. The summed E-state index contributed by atoms with van der Waals surface area (Å²) in [4.78, 5) is 0. The van der Waals surface area contributed by atoms with Gasteiger partial charge in [0.1, 0.15) is 11.6 Å². The second-order valence-corrected chi connectivity index (χ2v) is 4.81. The second-order valence-electron chi connectivity index (χ2n) is 4.40. The quantitative estimate of drug-likeness (QED) is 0.913. The van der Waals surface area contributed by atoms with Gasteiger partial charge < -0.3 is 10.5 Å². The molecule has 2 N–H and O–H groups in total. The molecule has 0 saturated heterocycles. The molecule has 6 heteroatoms. The highest BCUT2D eigenvalue weighted by Crippen LogP contribution is 2.42. The number of benzene rings is 1. The van der Waals surface area contributed by atoms with Crippen LogP contribution in [0.3, 0.4) is 0 Å². The lowest BCUT2D eigenvalue weighted by molar-refractivity contribution is -0.0506. The Balaban J connectivity index is 2.42. The number of hydrogen-bond donors (Lipinski definition) is 1. The molecule has 19 heavy (non-hydrogen) atoms. The van der Waals surface area contributed by atoms with Gasteiger partial charge >= 0.3 is 6.61 Å². The Morgan fingerprint density at radius 1 is 1.37 bits per heavy atom. The van der Waals surface area contributed by atoms with Crippen molar-refractivity contribution in [1.82, 2.24) is 0 Å². The van der Waals surface area contributed by atoms with Gasteiger partial charge in [0.05, 0.1) is 0 Å². The highest BCUT2D eigenvalue weighted by atomic mass is 35.5. The molecule has 1 aliphatic carbocycles. The molecule has 0 fully saturated rings. The van der Waals surface area contributed by atoms with Gasteiger partial charge in [0.25, 0.3) is 0 Å². The monoisotopic (exact) mass is 291 g/mol. The van der Waals surface area contributed by atoms with Gasteiger partial charge in [-0.05, 0) is 25.0 Å². The first kappa shape index (κ1) is 14.2. The molecule has 2 atom stereocenters. The van der Waals surface area contributed by atoms with E-state index in [-0.39, 0.29) is 22.4 Å². The van der Waals surface area contributed by atoms with E-state index in [1.54, 1.807) is 0 Å². The van der Waals surface area contributed by atoms with Crippen molar-refractivity contribution in [2.75, 3.05) is 0 Å². The van der Waals surface area contributed by atoms with Crippen LogP contribution in [0.2, 0.25) is 5.02 Å². The predicted octanol–water partition coefficient (Wildman–Crippen LogP) is 4.00. The summed E-state index contributed by atoms with van der Waals surface area (Å²) in [7, 11) is 0. The van der Waals surface area contributed by atoms with Gasteiger partial charge in [-0.25, -0.2) is 4.39 Å². The fraction of sp³-hybridized carbons (Fsp3) is 0.385. The molecule has 0 saturated carbocycles. The van der Waals surface area contributed by atoms with E-state index in [0.717, 1.165) is 0 Å². The number of halogens is 4. The number of nitrogens with two attached hydrogens (primary N) is 1. The van der Waals surface area contributed by atoms with Crippen molar-refractivity contribution in [1.29, 1.82) is 0 Å². The van der Waals surface area contributed by atoms with E-state index in [1.807, 2.05) is 0 Å². The van der Waals surface area contributed by atoms with E-state index in [9.17, 15) is 13.2 Å². The van der Waals surface area contributed by atoms with Crippen molar-refractivity contribution in [3.63, 3.8) is 0 Å². The molecule has 1 aromatic carbocycles. The summed E-state index contributed by atoms with van der Waals surface area (Å²) in [6.45, 7) is -2.98. The van der Waals surface area contributed by atoms with E-state index in [1.165, 1.54) is 24.3 Å². The topological polar surface area (TPSA) is 35.2 Å². The Labute approximate surface area is 114 Å². The molecule has 0 heterocycles. The van der Waals surface area contributed by atoms with Gasteiger partial charge in [-0.2, -0.15) is 8.78 Å². The fourth-order valence-corrected chi connectivity index (χ4v) is 2.53. The fourth-order valence-electron chi connectivity index (χ4n) is 2.23. The zero-order valence-electron chi connectivity index (χ0n) is 9.95. The lowest BCUT2D eigenvalue weighted by atomic mass is 9.85. The lowest BCUT2D eigenvalue weighted by Crippen LogP contribution is -2.26. The maximum Gasteiger partial charge on any atom is 0.387 e. The normalized spacial score (nSPS) is 23.4. The van der Waals surface area contributed by atoms with Gasteiger partial charge in [-0.3, -0.25) is 0 Å². The van der Waals surface area contributed by atoms with Crippen LogP contribution >= 0.6 is 11.6 Å². The van der Waals surface area contributed by atoms with Crippen LogP contribution < -0.4 is 10.5 Å². The van der Waals surface area contributed by atoms with Crippen molar-refractivity contribution in [3.8, 4) is 5.75 Å². The van der Waals surface area contributed by atoms with E-state index < -0.39 is 18.4 Å². The minimum Gasteiger partial charge on any atom is -0.434 e. The van der Waals surface area contributed by atoms with Crippen LogP contribution in [0.5, 0.6) is 5.75 Å². The summed E-state index contributed by atoms with van der Waals surface area (Å²) < 4.78 is 43.1. The van der Waals surface area contributed by atoms with E-state index >= 15 is 0 Å². The van der Waals surface area contributed by atoms with Crippen molar-refractivity contribution in [2.45, 2.75) is 31.4 Å². The summed E-state index contributed by atoms with van der Waals surface area (Å²) in [5, 5.41) is 0.195. The van der Waals surface area contributed by atoms with E-state index in [4.69, 9.17) is 17.3 Å². The smallest absolute Gasteiger partial charge is 0.387 e. The third-order valence-electron chi connectivity index (χ3n) is 3.06. The minimum atomic E-state index is -2.98. The summed E-state index contributed by atoms with van der Waals surface area (Å²) >= 11 is 6.00. The minimum absolute atomic E-state index is 0.106. The van der Waals surface area contributed by atoms with E-state index in [0.29, 0.717) is 12.8 Å². The first-order valence-electron chi connectivity index (χ1n) is 5.83. The number of ether oxygens (including phenoxy) is 1. The van der Waals surface area contributed by atoms with Crippen LogP contribution in [0.1, 0.15) is 24.3 Å². The van der Waals surface area contributed by atoms with Crippen molar-refractivity contribution in [2.24, 2.45) is 5.73 Å². The highest BCUT2D eigenvalue weighted by molar-refractivity contribution is 6.31. The molecule has 0 bridgehead atoms. The van der Waals surface area contributed by atoms with Crippen molar-refractivity contribution in [3.05, 3.63) is 40.7 Å². The molecule has 104 valence electrons. The predicted molar refractivity (Wildman–Crippen MR) is 67.2 cm³/mol. The maximum absolute atomic E-state index is 13.9. The molecule has 0 radical (unpaired) electrons. The Hall–Kier alpha value is -1.20. The Morgan fingerprint density at radius 2 is 2.11 bits per heavy atom. The molecule has 2 nitrogen and oxygen atoms in total. The maximum atomic E-state index is 13.9. The number of rotatable bonds is 3. The third-order valence-corrected chi connectivity index (χ3v) is 3.39. The van der Waals surface area contributed by atoms with Gasteiger partial charge in [0.15, 0.2) is 0 Å². The van der Waals surface area contributed by atoms with Crippen molar-refractivity contribution < 1.29 is 17.9 Å². The van der Waals surface area contributed by atoms with Crippen LogP contribution in [0, 0.1) is 0 Å². The van der Waals surface area contributed by atoms with Gasteiger partial charge in [-0.15, -0.1) is 0 Å². The molecule has 0 aromatic heterocycles. The summed E-state index contributed by atoms with van der Waals surface area (Å²) in [5.74, 6) is -1.25. The van der Waals surface area contributed by atoms with Crippen LogP contribution in [0.25, 0.3) is 0 Å². The third kappa shape index (κ3) is 3.22.